The van der Waals surface area contributed by atoms with Crippen LogP contribution in [0.3, 0.4) is 0 Å². The van der Waals surface area contributed by atoms with Crippen LogP contribution in [0.15, 0.2) is 42.6 Å². The number of pyridine rings is 1. The van der Waals surface area contributed by atoms with Gasteiger partial charge in [-0.3, -0.25) is 9.78 Å². The number of benzene rings is 1. The number of hydrogen-bond acceptors (Lipinski definition) is 4. The van der Waals surface area contributed by atoms with Gasteiger partial charge in [-0.05, 0) is 43.2 Å². The highest BCUT2D eigenvalue weighted by molar-refractivity contribution is 5.79. The number of rotatable bonds is 4. The maximum absolute atomic E-state index is 12.7. The Bertz CT molecular complexity index is 732. The molecule has 1 aromatic carbocycles. The lowest BCUT2D eigenvalue weighted by Gasteiger charge is -2.24. The summed E-state index contributed by atoms with van der Waals surface area (Å²) in [7, 11) is 1.64. The molecule has 5 nitrogen and oxygen atoms in total. The molecular weight excluding hydrogens is 314 g/mol. The predicted molar refractivity (Wildman–Crippen MR) is 99.1 cm³/mol. The molecule has 1 aliphatic heterocycles. The van der Waals surface area contributed by atoms with Crippen molar-refractivity contribution in [3.05, 3.63) is 53.9 Å². The summed E-state index contributed by atoms with van der Waals surface area (Å²) >= 11 is 0. The van der Waals surface area contributed by atoms with Gasteiger partial charge in [-0.2, -0.15) is 0 Å². The van der Waals surface area contributed by atoms with E-state index in [2.05, 4.69) is 16.0 Å². The molecular formula is C20H25N3O2. The monoisotopic (exact) mass is 339 g/mol. The van der Waals surface area contributed by atoms with Crippen LogP contribution < -0.4 is 9.64 Å². The third-order valence-corrected chi connectivity index (χ3v) is 4.58. The summed E-state index contributed by atoms with van der Waals surface area (Å²) in [5, 5.41) is 0. The number of carbonyl (C=O) groups excluding carboxylic acids is 1. The van der Waals surface area contributed by atoms with E-state index < -0.39 is 0 Å². The van der Waals surface area contributed by atoms with Crippen molar-refractivity contribution in [2.75, 3.05) is 38.2 Å². The number of ether oxygens (including phenoxy) is 1. The fraction of sp³-hybridized carbons (Fsp3) is 0.400. The van der Waals surface area contributed by atoms with E-state index in [0.717, 1.165) is 49.6 Å². The molecule has 3 rings (SSSR count). The van der Waals surface area contributed by atoms with Crippen molar-refractivity contribution >= 4 is 11.6 Å². The lowest BCUT2D eigenvalue weighted by molar-refractivity contribution is -0.130. The number of carbonyl (C=O) groups is 1. The average molecular weight is 339 g/mol. The van der Waals surface area contributed by atoms with Crippen molar-refractivity contribution in [3.63, 3.8) is 0 Å². The van der Waals surface area contributed by atoms with E-state index in [4.69, 9.17) is 4.74 Å². The summed E-state index contributed by atoms with van der Waals surface area (Å²) in [5.41, 5.74) is 3.21. The summed E-state index contributed by atoms with van der Waals surface area (Å²) in [5.74, 6) is 0.974. The molecule has 1 aromatic heterocycles. The summed E-state index contributed by atoms with van der Waals surface area (Å²) in [6.45, 7) is 5.39. The van der Waals surface area contributed by atoms with Gasteiger partial charge in [-0.1, -0.05) is 12.1 Å². The summed E-state index contributed by atoms with van der Waals surface area (Å²) in [4.78, 5) is 21.3. The third kappa shape index (κ3) is 4.50. The molecule has 132 valence electrons. The van der Waals surface area contributed by atoms with Gasteiger partial charge in [0, 0.05) is 43.8 Å². The largest absolute Gasteiger partial charge is 0.497 e. The van der Waals surface area contributed by atoms with Crippen LogP contribution in [-0.2, 0) is 11.2 Å². The van der Waals surface area contributed by atoms with E-state index >= 15 is 0 Å². The van der Waals surface area contributed by atoms with Gasteiger partial charge >= 0.3 is 0 Å². The molecule has 0 aliphatic carbocycles. The fourth-order valence-electron chi connectivity index (χ4n) is 3.22. The highest BCUT2D eigenvalue weighted by atomic mass is 16.5. The van der Waals surface area contributed by atoms with Crippen molar-refractivity contribution in [2.24, 2.45) is 0 Å². The summed E-state index contributed by atoms with van der Waals surface area (Å²) in [6, 6.07) is 11.9. The van der Waals surface area contributed by atoms with Crippen LogP contribution in [0.25, 0.3) is 0 Å². The van der Waals surface area contributed by atoms with Crippen LogP contribution in [0.5, 0.6) is 5.75 Å². The maximum Gasteiger partial charge on any atom is 0.227 e. The highest BCUT2D eigenvalue weighted by Gasteiger charge is 2.19. The first-order valence-electron chi connectivity index (χ1n) is 8.74. The van der Waals surface area contributed by atoms with Crippen molar-refractivity contribution in [3.8, 4) is 5.75 Å². The van der Waals surface area contributed by atoms with E-state index in [1.54, 1.807) is 7.11 Å². The van der Waals surface area contributed by atoms with Gasteiger partial charge in [0.2, 0.25) is 5.91 Å². The van der Waals surface area contributed by atoms with E-state index in [0.29, 0.717) is 6.42 Å². The predicted octanol–water partition coefficient (Wildman–Crippen LogP) is 2.68. The smallest absolute Gasteiger partial charge is 0.227 e. The minimum Gasteiger partial charge on any atom is -0.497 e. The molecule has 1 fully saturated rings. The highest BCUT2D eigenvalue weighted by Crippen LogP contribution is 2.18. The Morgan fingerprint density at radius 1 is 1.16 bits per heavy atom. The molecule has 2 heterocycles. The summed E-state index contributed by atoms with van der Waals surface area (Å²) in [6.07, 6.45) is 3.25. The zero-order valence-corrected chi connectivity index (χ0v) is 14.9. The number of aromatic nitrogens is 1. The molecule has 1 amide bonds. The van der Waals surface area contributed by atoms with Gasteiger partial charge < -0.3 is 14.5 Å². The molecule has 25 heavy (non-hydrogen) atoms. The first-order chi connectivity index (χ1) is 12.2. The van der Waals surface area contributed by atoms with Crippen molar-refractivity contribution < 1.29 is 9.53 Å². The molecule has 5 heteroatoms. The van der Waals surface area contributed by atoms with Crippen molar-refractivity contribution in [1.29, 1.82) is 0 Å². The van der Waals surface area contributed by atoms with Crippen LogP contribution in [-0.4, -0.2) is 49.1 Å². The Labute approximate surface area is 149 Å². The fourth-order valence-corrected chi connectivity index (χ4v) is 3.22. The Balaban J connectivity index is 1.61. The van der Waals surface area contributed by atoms with Gasteiger partial charge in [0.1, 0.15) is 5.75 Å². The minimum absolute atomic E-state index is 0.181. The molecule has 1 aliphatic rings. The molecule has 0 radical (unpaired) electrons. The maximum atomic E-state index is 12.7. The summed E-state index contributed by atoms with van der Waals surface area (Å²) < 4.78 is 5.24. The molecule has 0 spiro atoms. The first-order valence-corrected chi connectivity index (χ1v) is 8.74. The number of nitrogens with zero attached hydrogens (tertiary/aromatic N) is 3. The standard InChI is InChI=1S/C20H25N3O2/c1-16-13-18(7-8-21-16)22-9-4-10-23(12-11-22)20(24)15-17-5-3-6-19(14-17)25-2/h3,5-8,13-14H,4,9-12,15H2,1-2H3. The Morgan fingerprint density at radius 3 is 2.84 bits per heavy atom. The van der Waals surface area contributed by atoms with Crippen LogP contribution in [0.1, 0.15) is 17.7 Å². The lowest BCUT2D eigenvalue weighted by atomic mass is 10.1. The molecule has 2 aromatic rings. The quantitative estimate of drug-likeness (QED) is 0.859. The van der Waals surface area contributed by atoms with Crippen molar-refractivity contribution in [2.45, 2.75) is 19.8 Å². The van der Waals surface area contributed by atoms with Crippen LogP contribution in [0.4, 0.5) is 5.69 Å². The number of aryl methyl sites for hydroxylation is 1. The average Bonchev–Trinajstić information content (AvgIpc) is 2.88. The second-order valence-electron chi connectivity index (χ2n) is 6.41. The molecule has 0 atom stereocenters. The van der Waals surface area contributed by atoms with Crippen molar-refractivity contribution in [1.82, 2.24) is 9.88 Å². The van der Waals surface area contributed by atoms with Crippen LogP contribution >= 0.6 is 0 Å². The Kier molecular flexibility index (Phi) is 5.53. The third-order valence-electron chi connectivity index (χ3n) is 4.58. The zero-order valence-electron chi connectivity index (χ0n) is 14.9. The topological polar surface area (TPSA) is 45.7 Å². The second kappa shape index (κ2) is 8.01. The van der Waals surface area contributed by atoms with Gasteiger partial charge in [0.15, 0.2) is 0 Å². The second-order valence-corrected chi connectivity index (χ2v) is 6.41. The molecule has 0 N–H and O–H groups in total. The van der Waals surface area contributed by atoms with E-state index in [9.17, 15) is 4.79 Å². The number of anilines is 1. The normalized spacial score (nSPS) is 15.0. The Morgan fingerprint density at radius 2 is 2.04 bits per heavy atom. The van der Waals surface area contributed by atoms with Crippen LogP contribution in [0, 0.1) is 6.92 Å². The number of hydrogen-bond donors (Lipinski definition) is 0. The molecule has 0 unspecified atom stereocenters. The van der Waals surface area contributed by atoms with Gasteiger partial charge in [-0.25, -0.2) is 0 Å². The zero-order chi connectivity index (χ0) is 17.6. The lowest BCUT2D eigenvalue weighted by Crippen LogP contribution is -2.36. The van der Waals surface area contributed by atoms with E-state index in [1.807, 2.05) is 48.4 Å². The SMILES string of the molecule is COc1cccc(CC(=O)N2CCCN(c3ccnc(C)c3)CC2)c1. The number of methoxy groups -OCH3 is 1. The van der Waals surface area contributed by atoms with Gasteiger partial charge in [0.05, 0.1) is 13.5 Å². The molecule has 0 bridgehead atoms. The van der Waals surface area contributed by atoms with E-state index in [-0.39, 0.29) is 5.91 Å². The minimum atomic E-state index is 0.181. The molecule has 1 saturated heterocycles. The number of amides is 1. The molecule has 0 saturated carbocycles. The van der Waals surface area contributed by atoms with Crippen LogP contribution in [0.2, 0.25) is 0 Å². The van der Waals surface area contributed by atoms with Gasteiger partial charge in [0.25, 0.3) is 0 Å². The first kappa shape index (κ1) is 17.3. The van der Waals surface area contributed by atoms with E-state index in [1.165, 1.54) is 5.69 Å². The van der Waals surface area contributed by atoms with Gasteiger partial charge in [-0.15, -0.1) is 0 Å². The Hall–Kier alpha value is -2.56.